The summed E-state index contributed by atoms with van der Waals surface area (Å²) in [6.07, 6.45) is -1.80. The van der Waals surface area contributed by atoms with Gasteiger partial charge in [-0.05, 0) is 59.0 Å². The second kappa shape index (κ2) is 15.4. The van der Waals surface area contributed by atoms with Gasteiger partial charge in [0.05, 0.1) is 29.0 Å². The van der Waals surface area contributed by atoms with Gasteiger partial charge in [-0.15, -0.1) is 11.3 Å². The molecule has 5 atom stereocenters. The van der Waals surface area contributed by atoms with E-state index < -0.39 is 18.4 Å². The Kier molecular flexibility index (Phi) is 10.9. The monoisotopic (exact) mass is 682 g/mol. The minimum Gasteiger partial charge on any atom is -0.453 e. The number of benzene rings is 4. The van der Waals surface area contributed by atoms with E-state index in [4.69, 9.17) is 19.2 Å². The molecule has 5 aromatic rings. The van der Waals surface area contributed by atoms with Gasteiger partial charge in [0, 0.05) is 30.7 Å². The Bertz CT molecular complexity index is 1840. The van der Waals surface area contributed by atoms with Crippen LogP contribution in [0.15, 0.2) is 101 Å². The third kappa shape index (κ3) is 8.14. The third-order valence-corrected chi connectivity index (χ3v) is 10.6. The van der Waals surface area contributed by atoms with Crippen LogP contribution in [0, 0.1) is 5.92 Å². The van der Waals surface area contributed by atoms with E-state index in [0.717, 1.165) is 49.0 Å². The van der Waals surface area contributed by atoms with Crippen LogP contribution in [-0.2, 0) is 37.0 Å². The van der Waals surface area contributed by atoms with Crippen molar-refractivity contribution in [1.29, 1.82) is 0 Å². The van der Waals surface area contributed by atoms with E-state index in [2.05, 4.69) is 24.4 Å². The number of carbonyl (C=O) groups excluding carboxylic acids is 2. The molecular weight excluding hydrogens is 645 g/mol. The summed E-state index contributed by atoms with van der Waals surface area (Å²) in [5, 5.41) is 12.4. The van der Waals surface area contributed by atoms with Gasteiger partial charge in [0.1, 0.15) is 0 Å². The molecule has 1 saturated heterocycles. The highest BCUT2D eigenvalue weighted by Gasteiger charge is 2.38. The van der Waals surface area contributed by atoms with Crippen molar-refractivity contribution in [2.75, 3.05) is 5.75 Å². The number of nitrogens with one attached hydrogen (secondary N) is 1. The first kappa shape index (κ1) is 33.8. The van der Waals surface area contributed by atoms with Crippen molar-refractivity contribution in [3.63, 3.8) is 0 Å². The van der Waals surface area contributed by atoms with E-state index >= 15 is 0 Å². The van der Waals surface area contributed by atoms with Crippen molar-refractivity contribution in [3.05, 3.63) is 119 Å². The van der Waals surface area contributed by atoms with Gasteiger partial charge in [0.25, 0.3) is 5.91 Å². The zero-order chi connectivity index (χ0) is 33.6. The van der Waals surface area contributed by atoms with Crippen LogP contribution >= 0.6 is 23.1 Å². The highest BCUT2D eigenvalue weighted by Crippen LogP contribution is 2.44. The first-order valence-electron chi connectivity index (χ1n) is 15.9. The van der Waals surface area contributed by atoms with Gasteiger partial charge < -0.3 is 24.6 Å². The zero-order valence-electron chi connectivity index (χ0n) is 27.0. The van der Waals surface area contributed by atoms with Crippen molar-refractivity contribution < 1.29 is 28.9 Å². The number of rotatable bonds is 11. The van der Waals surface area contributed by atoms with Crippen molar-refractivity contribution >= 4 is 45.2 Å². The standard InChI is InChI=1S/C38H38N2O6S2/c1-23-33(22-47-38-40-32-12-4-5-13-34(32)48-38)45-37(46-35(23)28-16-14-26(21-41)15-17-28)31-11-7-10-30(19-31)29-9-6-8-27(18-29)20-39-36(43)24(2)44-25(3)42/h4-19,23-24,33,35,37,41H,20-22H2,1-3H3,(H,39,43)/t23-,24-,33+,35+,37+/m0/s1. The Morgan fingerprint density at radius 2 is 1.69 bits per heavy atom. The number of aromatic nitrogens is 1. The summed E-state index contributed by atoms with van der Waals surface area (Å²) in [5.74, 6) is -0.0732. The summed E-state index contributed by atoms with van der Waals surface area (Å²) in [6.45, 7) is 5.29. The van der Waals surface area contributed by atoms with Gasteiger partial charge in [-0.2, -0.15) is 0 Å². The van der Waals surface area contributed by atoms with Crippen molar-refractivity contribution in [2.24, 2.45) is 5.92 Å². The number of amides is 1. The fourth-order valence-corrected chi connectivity index (χ4v) is 8.00. The Morgan fingerprint density at radius 1 is 0.938 bits per heavy atom. The summed E-state index contributed by atoms with van der Waals surface area (Å²) >= 11 is 3.40. The lowest BCUT2D eigenvalue weighted by atomic mass is 9.91. The molecule has 1 amide bonds. The van der Waals surface area contributed by atoms with Crippen molar-refractivity contribution in [3.8, 4) is 11.1 Å². The van der Waals surface area contributed by atoms with Crippen LogP contribution < -0.4 is 5.32 Å². The number of aliphatic hydroxyl groups is 1. The predicted molar refractivity (Wildman–Crippen MR) is 188 cm³/mol. The lowest BCUT2D eigenvalue weighted by Gasteiger charge is -2.41. The van der Waals surface area contributed by atoms with E-state index in [0.29, 0.717) is 6.54 Å². The molecular formula is C38H38N2O6S2. The number of hydrogen-bond donors (Lipinski definition) is 2. The number of thioether (sulfide) groups is 1. The Hall–Kier alpha value is -4.06. The lowest BCUT2D eigenvalue weighted by molar-refractivity contribution is -0.268. The van der Waals surface area contributed by atoms with Crippen LogP contribution in [0.4, 0.5) is 0 Å². The van der Waals surface area contributed by atoms with Gasteiger partial charge in [-0.3, -0.25) is 9.59 Å². The second-order valence-corrected chi connectivity index (χ2v) is 14.2. The van der Waals surface area contributed by atoms with E-state index in [-0.39, 0.29) is 30.6 Å². The molecule has 10 heteroatoms. The van der Waals surface area contributed by atoms with Gasteiger partial charge in [0.15, 0.2) is 16.7 Å². The Balaban J connectivity index is 1.22. The summed E-state index contributed by atoms with van der Waals surface area (Å²) in [5.41, 5.74) is 6.69. The second-order valence-electron chi connectivity index (χ2n) is 11.9. The average molecular weight is 683 g/mol. The van der Waals surface area contributed by atoms with Gasteiger partial charge in [-0.25, -0.2) is 4.98 Å². The summed E-state index contributed by atoms with van der Waals surface area (Å²) < 4.78 is 20.6. The summed E-state index contributed by atoms with van der Waals surface area (Å²) in [6, 6.07) is 32.2. The molecule has 4 aromatic carbocycles. The number of thiazole rings is 1. The molecule has 0 radical (unpaired) electrons. The SMILES string of the molecule is CC(=O)O[C@@H](C)C(=O)NCc1cccc(-c2cccc([C@@H]3O[C@H](CSc4nc5ccccc5s4)[C@H](C)[C@H](c4ccc(CO)cc4)O3)c2)c1. The first-order chi connectivity index (χ1) is 23.3. The highest BCUT2D eigenvalue weighted by molar-refractivity contribution is 8.01. The Morgan fingerprint density at radius 3 is 2.44 bits per heavy atom. The molecule has 1 aliphatic rings. The number of aliphatic hydroxyl groups excluding tert-OH is 1. The quantitative estimate of drug-likeness (QED) is 0.108. The molecule has 8 nitrogen and oxygen atoms in total. The molecule has 0 aliphatic carbocycles. The maximum atomic E-state index is 12.4. The minimum absolute atomic E-state index is 0.0116. The van der Waals surface area contributed by atoms with Crippen LogP contribution in [0.1, 0.15) is 55.4 Å². The zero-order valence-corrected chi connectivity index (χ0v) is 28.6. The smallest absolute Gasteiger partial charge is 0.303 e. The van der Waals surface area contributed by atoms with Crippen LogP contribution in [0.2, 0.25) is 0 Å². The number of carbonyl (C=O) groups is 2. The molecule has 1 aromatic heterocycles. The number of ether oxygens (including phenoxy) is 3. The fraction of sp³-hybridized carbons (Fsp3) is 0.289. The van der Waals surface area contributed by atoms with Gasteiger partial charge in [-0.1, -0.05) is 91.5 Å². The molecule has 248 valence electrons. The van der Waals surface area contributed by atoms with Crippen LogP contribution in [0.3, 0.4) is 0 Å². The fourth-order valence-electron chi connectivity index (χ4n) is 5.74. The number of para-hydroxylation sites is 1. The van der Waals surface area contributed by atoms with Crippen LogP contribution in [0.25, 0.3) is 21.3 Å². The van der Waals surface area contributed by atoms with Gasteiger partial charge >= 0.3 is 5.97 Å². The predicted octanol–water partition coefficient (Wildman–Crippen LogP) is 7.61. The van der Waals surface area contributed by atoms with E-state index in [1.165, 1.54) is 11.6 Å². The normalized spacial score (nSPS) is 19.9. The average Bonchev–Trinajstić information content (AvgIpc) is 3.53. The van der Waals surface area contributed by atoms with Gasteiger partial charge in [0.2, 0.25) is 0 Å². The molecule has 48 heavy (non-hydrogen) atoms. The molecule has 2 N–H and O–H groups in total. The summed E-state index contributed by atoms with van der Waals surface area (Å²) in [7, 11) is 0. The molecule has 2 heterocycles. The molecule has 1 fully saturated rings. The first-order valence-corrected chi connectivity index (χ1v) is 17.7. The summed E-state index contributed by atoms with van der Waals surface area (Å²) in [4.78, 5) is 28.4. The minimum atomic E-state index is -0.861. The number of fused-ring (bicyclic) bond motifs is 1. The van der Waals surface area contributed by atoms with E-state index in [1.807, 2.05) is 84.9 Å². The topological polar surface area (TPSA) is 107 Å². The van der Waals surface area contributed by atoms with Crippen molar-refractivity contribution in [1.82, 2.24) is 10.3 Å². The molecule has 6 rings (SSSR count). The lowest BCUT2D eigenvalue weighted by Crippen LogP contribution is -2.38. The largest absolute Gasteiger partial charge is 0.453 e. The highest BCUT2D eigenvalue weighted by atomic mass is 32.2. The van der Waals surface area contributed by atoms with Crippen LogP contribution in [0.5, 0.6) is 0 Å². The number of nitrogens with zero attached hydrogens (tertiary/aromatic N) is 1. The molecule has 0 unspecified atom stereocenters. The molecule has 0 spiro atoms. The maximum absolute atomic E-state index is 12.4. The van der Waals surface area contributed by atoms with Crippen LogP contribution in [-0.4, -0.2) is 39.9 Å². The maximum Gasteiger partial charge on any atom is 0.303 e. The van der Waals surface area contributed by atoms with Crippen molar-refractivity contribution in [2.45, 2.75) is 62.9 Å². The molecule has 0 bridgehead atoms. The number of esters is 1. The van der Waals surface area contributed by atoms with E-state index in [1.54, 1.807) is 30.0 Å². The molecule has 0 saturated carbocycles. The Labute approximate surface area is 288 Å². The number of hydrogen-bond acceptors (Lipinski definition) is 9. The molecule has 1 aliphatic heterocycles. The third-order valence-electron chi connectivity index (χ3n) is 8.37. The van der Waals surface area contributed by atoms with E-state index in [9.17, 15) is 14.7 Å².